The fourth-order valence-electron chi connectivity index (χ4n) is 3.98. The van der Waals surface area contributed by atoms with Crippen molar-refractivity contribution in [3.63, 3.8) is 0 Å². The van der Waals surface area contributed by atoms with Crippen molar-refractivity contribution in [1.29, 1.82) is 0 Å². The van der Waals surface area contributed by atoms with Gasteiger partial charge in [-0.3, -0.25) is 4.79 Å². The van der Waals surface area contributed by atoms with Gasteiger partial charge in [0, 0.05) is 19.0 Å². The highest BCUT2D eigenvalue weighted by atomic mass is 32.2. The molecule has 1 amide bonds. The molecule has 0 saturated carbocycles. The van der Waals surface area contributed by atoms with E-state index < -0.39 is 26.8 Å². The number of methoxy groups -OCH3 is 1. The van der Waals surface area contributed by atoms with Crippen molar-refractivity contribution in [3.05, 3.63) is 53.6 Å². The van der Waals surface area contributed by atoms with E-state index in [0.717, 1.165) is 43.9 Å². The van der Waals surface area contributed by atoms with Crippen LogP contribution in [0.5, 0.6) is 11.5 Å². The number of rotatable bonds is 13. The molecule has 0 aliphatic carbocycles. The zero-order valence-electron chi connectivity index (χ0n) is 22.0. The smallest absolute Gasteiger partial charge is 0.416 e. The first kappa shape index (κ1) is 30.5. The van der Waals surface area contributed by atoms with E-state index >= 15 is 0 Å². The monoisotopic (exact) mass is 543 g/mol. The lowest BCUT2D eigenvalue weighted by Crippen LogP contribution is -2.38. The summed E-state index contributed by atoms with van der Waals surface area (Å²) in [5, 5.41) is 0. The number of hydrogen-bond acceptors (Lipinski definition) is 5. The second-order valence-electron chi connectivity index (χ2n) is 9.41. The molecule has 0 aromatic heterocycles. The van der Waals surface area contributed by atoms with Gasteiger partial charge in [0.15, 0.2) is 11.5 Å². The molecule has 0 fully saturated rings. The van der Waals surface area contributed by atoms with Crippen LogP contribution < -0.4 is 8.92 Å². The fraction of sp³-hybridized carbons (Fsp3) is 0.519. The van der Waals surface area contributed by atoms with Gasteiger partial charge in [-0.25, -0.2) is 0 Å². The maximum atomic E-state index is 13.3. The Morgan fingerprint density at radius 1 is 1.05 bits per heavy atom. The predicted octanol–water partition coefficient (Wildman–Crippen LogP) is 6.68. The summed E-state index contributed by atoms with van der Waals surface area (Å²) in [4.78, 5) is 14.5. The van der Waals surface area contributed by atoms with Crippen LogP contribution in [0.3, 0.4) is 0 Å². The van der Waals surface area contributed by atoms with E-state index in [2.05, 4.69) is 6.92 Å². The van der Waals surface area contributed by atoms with Gasteiger partial charge in [0.1, 0.15) is 4.90 Å². The molecule has 0 bridgehead atoms. The van der Waals surface area contributed by atoms with Crippen molar-refractivity contribution in [2.24, 2.45) is 11.8 Å². The maximum Gasteiger partial charge on any atom is 0.416 e. The average molecular weight is 544 g/mol. The summed E-state index contributed by atoms with van der Waals surface area (Å²) in [5.74, 6) is 0.0687. The second kappa shape index (κ2) is 13.2. The minimum Gasteiger partial charge on any atom is -0.493 e. The van der Waals surface area contributed by atoms with Crippen molar-refractivity contribution < 1.29 is 35.3 Å². The van der Waals surface area contributed by atoms with Crippen LogP contribution in [0.2, 0.25) is 0 Å². The van der Waals surface area contributed by atoms with E-state index in [1.165, 1.54) is 19.2 Å². The highest BCUT2D eigenvalue weighted by molar-refractivity contribution is 7.87. The van der Waals surface area contributed by atoms with Crippen molar-refractivity contribution in [1.82, 2.24) is 4.90 Å². The third kappa shape index (κ3) is 8.66. The van der Waals surface area contributed by atoms with Gasteiger partial charge in [0.05, 0.1) is 12.7 Å². The molecule has 2 aromatic rings. The minimum atomic E-state index is -4.71. The zero-order chi connectivity index (χ0) is 27.8. The molecular weight excluding hydrogens is 507 g/mol. The van der Waals surface area contributed by atoms with Crippen LogP contribution in [0.1, 0.15) is 64.5 Å². The largest absolute Gasteiger partial charge is 0.493 e. The number of ether oxygens (including phenoxy) is 1. The van der Waals surface area contributed by atoms with Crippen LogP contribution in [-0.4, -0.2) is 32.9 Å². The molecule has 37 heavy (non-hydrogen) atoms. The second-order valence-corrected chi connectivity index (χ2v) is 11.0. The Hall–Kier alpha value is -2.75. The molecule has 206 valence electrons. The van der Waals surface area contributed by atoms with E-state index in [0.29, 0.717) is 18.2 Å². The van der Waals surface area contributed by atoms with Gasteiger partial charge in [-0.2, -0.15) is 21.6 Å². The molecular formula is C27H36F3NO5S. The Morgan fingerprint density at radius 2 is 1.76 bits per heavy atom. The Bertz CT molecular complexity index is 1150. The van der Waals surface area contributed by atoms with E-state index in [-0.39, 0.29) is 35.8 Å². The third-order valence-corrected chi connectivity index (χ3v) is 7.13. The van der Waals surface area contributed by atoms with Crippen LogP contribution in [0, 0.1) is 11.8 Å². The first-order valence-electron chi connectivity index (χ1n) is 12.4. The Kier molecular flexibility index (Phi) is 10.8. The Morgan fingerprint density at radius 3 is 2.32 bits per heavy atom. The van der Waals surface area contributed by atoms with E-state index in [9.17, 15) is 26.4 Å². The molecule has 0 radical (unpaired) electrons. The van der Waals surface area contributed by atoms with Crippen LogP contribution in [0.4, 0.5) is 13.2 Å². The molecule has 1 unspecified atom stereocenters. The van der Waals surface area contributed by atoms with E-state index in [1.807, 2.05) is 20.8 Å². The van der Waals surface area contributed by atoms with Crippen LogP contribution in [0.15, 0.2) is 47.4 Å². The number of benzene rings is 2. The number of nitrogens with zero attached hydrogens (tertiary/aromatic N) is 1. The van der Waals surface area contributed by atoms with Crippen LogP contribution >= 0.6 is 0 Å². The van der Waals surface area contributed by atoms with Crippen molar-refractivity contribution >= 4 is 16.0 Å². The third-order valence-electron chi connectivity index (χ3n) is 5.90. The fourth-order valence-corrected chi connectivity index (χ4v) is 4.96. The lowest BCUT2D eigenvalue weighted by atomic mass is 9.97. The summed E-state index contributed by atoms with van der Waals surface area (Å²) >= 11 is 0. The van der Waals surface area contributed by atoms with E-state index in [1.54, 1.807) is 11.0 Å². The molecule has 1 atom stereocenters. The van der Waals surface area contributed by atoms with Crippen molar-refractivity contribution in [3.8, 4) is 11.5 Å². The molecule has 0 aliphatic heterocycles. The summed E-state index contributed by atoms with van der Waals surface area (Å²) in [5.41, 5.74) is -0.497. The summed E-state index contributed by atoms with van der Waals surface area (Å²) in [7, 11) is -3.27. The van der Waals surface area contributed by atoms with Gasteiger partial charge in [-0.05, 0) is 54.7 Å². The van der Waals surface area contributed by atoms with E-state index in [4.69, 9.17) is 8.92 Å². The van der Waals surface area contributed by atoms with Gasteiger partial charge < -0.3 is 13.8 Å². The number of carbonyl (C=O) groups is 1. The normalized spacial score (nSPS) is 12.9. The average Bonchev–Trinajstić information content (AvgIpc) is 2.83. The predicted molar refractivity (Wildman–Crippen MR) is 136 cm³/mol. The molecule has 2 aromatic carbocycles. The Labute approximate surface area is 217 Å². The highest BCUT2D eigenvalue weighted by Crippen LogP contribution is 2.34. The lowest BCUT2D eigenvalue weighted by molar-refractivity contribution is -0.138. The number of unbranched alkanes of at least 4 members (excludes halogenated alkanes) is 1. The van der Waals surface area contributed by atoms with Gasteiger partial charge in [-0.15, -0.1) is 0 Å². The minimum absolute atomic E-state index is 0.0412. The molecule has 0 saturated heterocycles. The summed E-state index contributed by atoms with van der Waals surface area (Å²) in [6, 6.07) is 8.00. The van der Waals surface area contributed by atoms with Crippen LogP contribution in [0.25, 0.3) is 0 Å². The molecule has 0 heterocycles. The van der Waals surface area contributed by atoms with Gasteiger partial charge in [0.2, 0.25) is 5.91 Å². The molecule has 0 N–H and O–H groups in total. The highest BCUT2D eigenvalue weighted by Gasteiger charge is 2.32. The topological polar surface area (TPSA) is 72.9 Å². The standard InChI is InChI=1S/C27H36F3NO5S/c1-6-8-10-21(7-2)26(32)31(17-19(3)4)18-20-13-14-24(35-5)25(15-20)36-37(33,34)23-12-9-11-22(16-23)27(28,29)30/h9,11-16,19,21H,6-8,10,17-18H2,1-5H3. The zero-order valence-corrected chi connectivity index (χ0v) is 22.8. The Balaban J connectivity index is 2.37. The summed E-state index contributed by atoms with van der Waals surface area (Å²) < 4.78 is 75.5. The van der Waals surface area contributed by atoms with Crippen molar-refractivity contribution in [2.75, 3.05) is 13.7 Å². The SMILES string of the molecule is CCCCC(CC)C(=O)N(Cc1ccc(OC)c(OS(=O)(=O)c2cccc(C(F)(F)F)c2)c1)CC(C)C. The molecule has 0 spiro atoms. The van der Waals surface area contributed by atoms with Gasteiger partial charge >= 0.3 is 16.3 Å². The molecule has 10 heteroatoms. The lowest BCUT2D eigenvalue weighted by Gasteiger charge is -2.29. The van der Waals surface area contributed by atoms with Crippen LogP contribution in [-0.2, 0) is 27.6 Å². The molecule has 6 nitrogen and oxygen atoms in total. The first-order chi connectivity index (χ1) is 17.3. The van der Waals surface area contributed by atoms with Crippen molar-refractivity contribution in [2.45, 2.75) is 71.0 Å². The van der Waals surface area contributed by atoms with Gasteiger partial charge in [0.25, 0.3) is 0 Å². The number of alkyl halides is 3. The summed E-state index contributed by atoms with van der Waals surface area (Å²) in [6.45, 7) is 8.84. The summed E-state index contributed by atoms with van der Waals surface area (Å²) in [6.07, 6.45) is -1.24. The van der Waals surface area contributed by atoms with Gasteiger partial charge in [-0.1, -0.05) is 52.7 Å². The molecule has 2 rings (SSSR count). The quantitative estimate of drug-likeness (QED) is 0.264. The number of halogens is 3. The number of hydrogen-bond donors (Lipinski definition) is 0. The molecule has 0 aliphatic rings. The number of amides is 1. The first-order valence-corrected chi connectivity index (χ1v) is 13.8. The number of carbonyl (C=O) groups excluding carboxylic acids is 1. The maximum absolute atomic E-state index is 13.3.